The van der Waals surface area contributed by atoms with E-state index in [9.17, 15) is 21.6 Å². The summed E-state index contributed by atoms with van der Waals surface area (Å²) >= 11 is 5.71. The van der Waals surface area contributed by atoms with Crippen LogP contribution in [0.2, 0.25) is 5.02 Å². The Morgan fingerprint density at radius 1 is 1.12 bits per heavy atom. The maximum atomic E-state index is 12.3. The first-order valence-electron chi connectivity index (χ1n) is 7.28. The van der Waals surface area contributed by atoms with Crippen LogP contribution in [0, 0.1) is 0 Å². The highest BCUT2D eigenvalue weighted by molar-refractivity contribution is 7.92. The quantitative estimate of drug-likeness (QED) is 0.752. The Labute approximate surface area is 148 Å². The number of rotatable bonds is 6. The molecule has 0 aliphatic rings. The van der Waals surface area contributed by atoms with Gasteiger partial charge in [0.25, 0.3) is 10.0 Å². The monoisotopic (exact) mass is 393 g/mol. The van der Waals surface area contributed by atoms with Crippen LogP contribution in [0.25, 0.3) is 0 Å². The number of hydrogen-bond donors (Lipinski definition) is 1. The third kappa shape index (κ3) is 5.54. The number of hydrogen-bond acceptors (Lipinski definition) is 3. The Bertz CT molecular complexity index is 837. The van der Waals surface area contributed by atoms with E-state index in [-0.39, 0.29) is 15.6 Å². The largest absolute Gasteiger partial charge is 0.573 e. The minimum Gasteiger partial charge on any atom is -0.404 e. The van der Waals surface area contributed by atoms with Gasteiger partial charge in [-0.25, -0.2) is 8.42 Å². The first-order chi connectivity index (χ1) is 11.6. The van der Waals surface area contributed by atoms with Gasteiger partial charge in [0.15, 0.2) is 0 Å². The summed E-state index contributed by atoms with van der Waals surface area (Å²) in [6, 6.07) is 9.49. The van der Waals surface area contributed by atoms with E-state index in [1.54, 1.807) is 12.1 Å². The Kier molecular flexibility index (Phi) is 5.84. The molecule has 136 valence electrons. The van der Waals surface area contributed by atoms with Gasteiger partial charge in [-0.05, 0) is 42.3 Å². The maximum Gasteiger partial charge on any atom is 0.573 e. The first kappa shape index (κ1) is 19.4. The molecule has 0 aromatic heterocycles. The summed E-state index contributed by atoms with van der Waals surface area (Å²) in [6.45, 7) is 2.02. The summed E-state index contributed by atoms with van der Waals surface area (Å²) in [5.41, 5.74) is 1.04. The summed E-state index contributed by atoms with van der Waals surface area (Å²) < 4.78 is 67.3. The first-order valence-corrected chi connectivity index (χ1v) is 9.14. The molecule has 0 spiro atoms. The van der Waals surface area contributed by atoms with Crippen LogP contribution in [0.1, 0.15) is 18.9 Å². The highest BCUT2D eigenvalue weighted by atomic mass is 35.5. The minimum atomic E-state index is -4.88. The molecule has 2 aromatic rings. The molecule has 0 atom stereocenters. The summed E-state index contributed by atoms with van der Waals surface area (Å²) in [4.78, 5) is 0.0408. The van der Waals surface area contributed by atoms with Crippen molar-refractivity contribution in [2.75, 3.05) is 4.72 Å². The van der Waals surface area contributed by atoms with Crippen LogP contribution in [0.3, 0.4) is 0 Å². The standard InChI is InChI=1S/C16H15ClF3NO3S/c1-2-3-11-4-7-13(8-5-11)25(22,23)21-12-6-9-15(14(17)10-12)24-16(18,19)20/h4-10,21H,2-3H2,1H3. The molecular formula is C16H15ClF3NO3S. The minimum absolute atomic E-state index is 0.0251. The van der Waals surface area contributed by atoms with Gasteiger partial charge in [-0.1, -0.05) is 37.1 Å². The number of aryl methyl sites for hydroxylation is 1. The molecule has 0 fully saturated rings. The summed E-state index contributed by atoms with van der Waals surface area (Å²) in [5, 5.41) is -0.365. The van der Waals surface area contributed by atoms with E-state index in [1.165, 1.54) is 12.1 Å². The molecule has 0 saturated heterocycles. The predicted molar refractivity (Wildman–Crippen MR) is 89.4 cm³/mol. The van der Waals surface area contributed by atoms with Crippen molar-refractivity contribution in [1.29, 1.82) is 0 Å². The number of alkyl halides is 3. The molecule has 0 aliphatic carbocycles. The van der Waals surface area contributed by atoms with Crippen LogP contribution in [-0.4, -0.2) is 14.8 Å². The molecule has 9 heteroatoms. The fourth-order valence-corrected chi connectivity index (χ4v) is 3.38. The number of sulfonamides is 1. The predicted octanol–water partition coefficient (Wildman–Crippen LogP) is 4.99. The Hall–Kier alpha value is -1.93. The van der Waals surface area contributed by atoms with Crippen LogP contribution in [0.5, 0.6) is 5.75 Å². The molecule has 0 aliphatic heterocycles. The van der Waals surface area contributed by atoms with Gasteiger partial charge in [-0.3, -0.25) is 4.72 Å². The van der Waals surface area contributed by atoms with Crippen LogP contribution in [0.15, 0.2) is 47.4 Å². The number of ether oxygens (including phenoxy) is 1. The highest BCUT2D eigenvalue weighted by Crippen LogP contribution is 2.32. The van der Waals surface area contributed by atoms with Crippen molar-refractivity contribution in [3.05, 3.63) is 53.1 Å². The fourth-order valence-electron chi connectivity index (χ4n) is 2.11. The number of halogens is 4. The van der Waals surface area contributed by atoms with Crippen LogP contribution < -0.4 is 9.46 Å². The van der Waals surface area contributed by atoms with E-state index < -0.39 is 22.1 Å². The van der Waals surface area contributed by atoms with Gasteiger partial charge in [0.1, 0.15) is 5.75 Å². The van der Waals surface area contributed by atoms with E-state index in [2.05, 4.69) is 9.46 Å². The molecule has 1 N–H and O–H groups in total. The average Bonchev–Trinajstić information content (AvgIpc) is 2.49. The summed E-state index contributed by atoms with van der Waals surface area (Å²) in [6.07, 6.45) is -3.11. The highest BCUT2D eigenvalue weighted by Gasteiger charge is 2.32. The van der Waals surface area contributed by atoms with Crippen molar-refractivity contribution in [3.63, 3.8) is 0 Å². The summed E-state index contributed by atoms with van der Waals surface area (Å²) in [5.74, 6) is -0.610. The van der Waals surface area contributed by atoms with Crippen LogP contribution in [0.4, 0.5) is 18.9 Å². The lowest BCUT2D eigenvalue weighted by Gasteiger charge is -2.13. The number of benzene rings is 2. The maximum absolute atomic E-state index is 12.3. The zero-order valence-electron chi connectivity index (χ0n) is 13.1. The van der Waals surface area contributed by atoms with Gasteiger partial charge in [0, 0.05) is 0 Å². The van der Waals surface area contributed by atoms with Crippen LogP contribution in [-0.2, 0) is 16.4 Å². The molecule has 2 rings (SSSR count). The smallest absolute Gasteiger partial charge is 0.404 e. The Morgan fingerprint density at radius 3 is 2.28 bits per heavy atom. The molecule has 4 nitrogen and oxygen atoms in total. The van der Waals surface area contributed by atoms with Crippen molar-refractivity contribution >= 4 is 27.3 Å². The van der Waals surface area contributed by atoms with Crippen LogP contribution >= 0.6 is 11.6 Å². The zero-order valence-corrected chi connectivity index (χ0v) is 14.7. The van der Waals surface area contributed by atoms with Gasteiger partial charge >= 0.3 is 6.36 Å². The summed E-state index contributed by atoms with van der Waals surface area (Å²) in [7, 11) is -3.88. The molecule has 0 unspecified atom stereocenters. The van der Waals surface area contributed by atoms with Crippen molar-refractivity contribution in [2.24, 2.45) is 0 Å². The second-order valence-corrected chi connectivity index (χ2v) is 7.28. The molecule has 2 aromatic carbocycles. The molecule has 0 bridgehead atoms. The van der Waals surface area contributed by atoms with Gasteiger partial charge in [-0.15, -0.1) is 13.2 Å². The second kappa shape index (κ2) is 7.53. The van der Waals surface area contributed by atoms with E-state index in [0.717, 1.165) is 36.6 Å². The van der Waals surface area contributed by atoms with Crippen molar-refractivity contribution < 1.29 is 26.3 Å². The second-order valence-electron chi connectivity index (χ2n) is 5.19. The fraction of sp³-hybridized carbons (Fsp3) is 0.250. The lowest BCUT2D eigenvalue weighted by atomic mass is 10.1. The van der Waals surface area contributed by atoms with E-state index in [4.69, 9.17) is 11.6 Å². The molecule has 0 amide bonds. The molecule has 0 saturated carbocycles. The van der Waals surface area contributed by atoms with E-state index in [1.807, 2.05) is 6.92 Å². The topological polar surface area (TPSA) is 55.4 Å². The lowest BCUT2D eigenvalue weighted by molar-refractivity contribution is -0.274. The van der Waals surface area contributed by atoms with Gasteiger partial charge in [0.2, 0.25) is 0 Å². The normalized spacial score (nSPS) is 12.0. The van der Waals surface area contributed by atoms with Crippen molar-refractivity contribution in [2.45, 2.75) is 31.0 Å². The van der Waals surface area contributed by atoms with Crippen molar-refractivity contribution in [1.82, 2.24) is 0 Å². The molecule has 0 heterocycles. The van der Waals surface area contributed by atoms with E-state index >= 15 is 0 Å². The number of nitrogens with one attached hydrogen (secondary N) is 1. The van der Waals surface area contributed by atoms with E-state index in [0.29, 0.717) is 0 Å². The SMILES string of the molecule is CCCc1ccc(S(=O)(=O)Nc2ccc(OC(F)(F)F)c(Cl)c2)cc1. The zero-order chi connectivity index (χ0) is 18.7. The number of anilines is 1. The molecule has 0 radical (unpaired) electrons. The third-order valence-electron chi connectivity index (χ3n) is 3.18. The Morgan fingerprint density at radius 2 is 1.76 bits per heavy atom. The average molecular weight is 394 g/mol. The Balaban J connectivity index is 2.18. The van der Waals surface area contributed by atoms with Crippen molar-refractivity contribution in [3.8, 4) is 5.75 Å². The van der Waals surface area contributed by atoms with Gasteiger partial charge in [-0.2, -0.15) is 0 Å². The molecular weight excluding hydrogens is 379 g/mol. The van der Waals surface area contributed by atoms with Gasteiger partial charge in [0.05, 0.1) is 15.6 Å². The third-order valence-corrected chi connectivity index (χ3v) is 4.87. The van der Waals surface area contributed by atoms with Gasteiger partial charge < -0.3 is 4.74 Å². The molecule has 25 heavy (non-hydrogen) atoms. The lowest BCUT2D eigenvalue weighted by Crippen LogP contribution is -2.17.